The minimum Gasteiger partial charge on any atom is -0.475 e. The molecule has 2 heterocycles. The van der Waals surface area contributed by atoms with E-state index in [1.165, 1.54) is 12.4 Å². The summed E-state index contributed by atoms with van der Waals surface area (Å²) in [7, 11) is 0. The van der Waals surface area contributed by atoms with Crippen LogP contribution in [0.3, 0.4) is 0 Å². The number of aromatic carboxylic acids is 1. The Bertz CT molecular complexity index is 1240. The van der Waals surface area contributed by atoms with Crippen LogP contribution < -0.4 is 9.80 Å². The molecule has 8 heteroatoms. The zero-order valence-corrected chi connectivity index (χ0v) is 18.9. The lowest BCUT2D eigenvalue weighted by Crippen LogP contribution is -2.52. The first kappa shape index (κ1) is 22.0. The molecule has 2 aliphatic rings. The van der Waals surface area contributed by atoms with E-state index in [0.29, 0.717) is 24.6 Å². The second kappa shape index (κ2) is 8.87. The fourth-order valence-corrected chi connectivity index (χ4v) is 4.80. The first-order valence-corrected chi connectivity index (χ1v) is 11.4. The second-order valence-electron chi connectivity index (χ2n) is 8.91. The largest absolute Gasteiger partial charge is 0.475 e. The van der Waals surface area contributed by atoms with Crippen LogP contribution in [0, 0.1) is 5.92 Å². The third-order valence-electron chi connectivity index (χ3n) is 6.65. The molecule has 0 radical (unpaired) electrons. The summed E-state index contributed by atoms with van der Waals surface area (Å²) in [6, 6.07) is 13.8. The highest BCUT2D eigenvalue weighted by Crippen LogP contribution is 2.45. The van der Waals surface area contributed by atoms with Gasteiger partial charge in [-0.25, -0.2) is 14.8 Å². The zero-order valence-electron chi connectivity index (χ0n) is 18.9. The fraction of sp³-hybridized carbons (Fsp3) is 0.308. The lowest BCUT2D eigenvalue weighted by Gasteiger charge is -2.44. The second-order valence-corrected chi connectivity index (χ2v) is 8.91. The first-order chi connectivity index (χ1) is 16.5. The number of aliphatic hydroxyl groups excluding tert-OH is 1. The number of rotatable bonds is 6. The minimum atomic E-state index is -1.17. The van der Waals surface area contributed by atoms with E-state index in [4.69, 9.17) is 5.11 Å². The lowest BCUT2D eigenvalue weighted by atomic mass is 9.98. The standard InChI is InChI=1S/C26H26N4O4/c1-16(32)30-22-9-8-18(21-11-27-25(26(33)34)28-12-21)10-23(22)29(14-24(30)17-6-7-17)13-19-4-2-3-5-20(19)15-31/h2-5,8-12,17,24,31H,6-7,13-15H2,1H3,(H,33,34). The highest BCUT2D eigenvalue weighted by molar-refractivity contribution is 5.98. The number of hydrogen-bond donors (Lipinski definition) is 2. The third kappa shape index (κ3) is 4.12. The van der Waals surface area contributed by atoms with Crippen molar-refractivity contribution in [2.45, 2.75) is 39.0 Å². The molecule has 0 saturated heterocycles. The summed E-state index contributed by atoms with van der Waals surface area (Å²) in [5, 5.41) is 18.9. The maximum Gasteiger partial charge on any atom is 0.373 e. The van der Waals surface area contributed by atoms with Gasteiger partial charge in [-0.05, 0) is 47.6 Å². The van der Waals surface area contributed by atoms with Gasteiger partial charge in [0.15, 0.2) is 0 Å². The number of carbonyl (C=O) groups is 2. The summed E-state index contributed by atoms with van der Waals surface area (Å²) in [6.45, 7) is 2.89. The number of aromatic nitrogens is 2. The van der Waals surface area contributed by atoms with Crippen molar-refractivity contribution in [1.82, 2.24) is 9.97 Å². The van der Waals surface area contributed by atoms with Crippen LogP contribution in [0.4, 0.5) is 11.4 Å². The molecular weight excluding hydrogens is 432 g/mol. The van der Waals surface area contributed by atoms with Crippen LogP contribution >= 0.6 is 0 Å². The molecule has 1 saturated carbocycles. The molecule has 1 aliphatic heterocycles. The van der Waals surface area contributed by atoms with Crippen molar-refractivity contribution in [2.24, 2.45) is 5.92 Å². The molecule has 3 aromatic rings. The Morgan fingerprint density at radius 1 is 1.00 bits per heavy atom. The van der Waals surface area contributed by atoms with Gasteiger partial charge in [0, 0.05) is 38.0 Å². The average Bonchev–Trinajstić information content (AvgIpc) is 3.69. The zero-order chi connectivity index (χ0) is 23.8. The van der Waals surface area contributed by atoms with Crippen molar-refractivity contribution in [1.29, 1.82) is 0 Å². The number of benzene rings is 2. The minimum absolute atomic E-state index is 0.0236. The number of nitrogens with zero attached hydrogens (tertiary/aromatic N) is 4. The highest BCUT2D eigenvalue weighted by Gasteiger charge is 2.42. The molecule has 1 aliphatic carbocycles. The molecule has 2 N–H and O–H groups in total. The molecule has 8 nitrogen and oxygen atoms in total. The SMILES string of the molecule is CC(=O)N1c2ccc(-c3cnc(C(=O)O)nc3)cc2N(Cc2ccccc2CO)CC1C1CC1. The number of carboxylic acids is 1. The van der Waals surface area contributed by atoms with Gasteiger partial charge in [0.05, 0.1) is 24.0 Å². The van der Waals surface area contributed by atoms with Gasteiger partial charge in [0.25, 0.3) is 0 Å². The Kier molecular flexibility index (Phi) is 5.75. The monoisotopic (exact) mass is 458 g/mol. The normalized spacial score (nSPS) is 17.4. The molecule has 2 aromatic carbocycles. The molecule has 174 valence electrons. The van der Waals surface area contributed by atoms with Crippen LogP contribution in [-0.2, 0) is 17.9 Å². The summed E-state index contributed by atoms with van der Waals surface area (Å²) in [6.07, 6.45) is 5.25. The molecule has 1 amide bonds. The number of amides is 1. The number of carboxylic acid groups (broad SMARTS) is 1. The molecule has 0 bridgehead atoms. The molecule has 34 heavy (non-hydrogen) atoms. The van der Waals surface area contributed by atoms with Crippen molar-refractivity contribution in [3.8, 4) is 11.1 Å². The predicted molar refractivity (Wildman–Crippen MR) is 128 cm³/mol. The van der Waals surface area contributed by atoms with Crippen LogP contribution in [0.15, 0.2) is 54.9 Å². The van der Waals surface area contributed by atoms with Crippen molar-refractivity contribution in [3.05, 3.63) is 71.8 Å². The van der Waals surface area contributed by atoms with E-state index in [0.717, 1.165) is 40.9 Å². The maximum atomic E-state index is 12.7. The molecule has 1 fully saturated rings. The van der Waals surface area contributed by atoms with E-state index < -0.39 is 5.97 Å². The number of carbonyl (C=O) groups excluding carboxylic acids is 1. The lowest BCUT2D eigenvalue weighted by molar-refractivity contribution is -0.117. The predicted octanol–water partition coefficient (Wildman–Crippen LogP) is 3.49. The molecule has 1 unspecified atom stereocenters. The summed E-state index contributed by atoms with van der Waals surface area (Å²) < 4.78 is 0. The van der Waals surface area contributed by atoms with Gasteiger partial charge in [-0.1, -0.05) is 30.3 Å². The van der Waals surface area contributed by atoms with E-state index in [9.17, 15) is 14.7 Å². The third-order valence-corrected chi connectivity index (χ3v) is 6.65. The van der Waals surface area contributed by atoms with Gasteiger partial charge in [-0.3, -0.25) is 4.79 Å². The highest BCUT2D eigenvalue weighted by atomic mass is 16.4. The topological polar surface area (TPSA) is 107 Å². The van der Waals surface area contributed by atoms with E-state index in [2.05, 4.69) is 14.9 Å². The summed E-state index contributed by atoms with van der Waals surface area (Å²) in [5.74, 6) is -0.910. The van der Waals surface area contributed by atoms with Gasteiger partial charge in [0.2, 0.25) is 11.7 Å². The van der Waals surface area contributed by atoms with Gasteiger partial charge in [-0.2, -0.15) is 0 Å². The van der Waals surface area contributed by atoms with Crippen LogP contribution in [0.1, 0.15) is 41.5 Å². The quantitative estimate of drug-likeness (QED) is 0.582. The Labute approximate surface area is 197 Å². The van der Waals surface area contributed by atoms with Gasteiger partial charge in [0.1, 0.15) is 0 Å². The number of fused-ring (bicyclic) bond motifs is 1. The maximum absolute atomic E-state index is 12.7. The van der Waals surface area contributed by atoms with Gasteiger partial charge >= 0.3 is 5.97 Å². The van der Waals surface area contributed by atoms with Crippen molar-refractivity contribution >= 4 is 23.3 Å². The van der Waals surface area contributed by atoms with E-state index in [1.807, 2.05) is 47.4 Å². The van der Waals surface area contributed by atoms with Crippen LogP contribution in [0.25, 0.3) is 11.1 Å². The number of aliphatic hydroxyl groups is 1. The Balaban J connectivity index is 1.58. The molecule has 1 aromatic heterocycles. The molecule has 5 rings (SSSR count). The van der Waals surface area contributed by atoms with Gasteiger partial charge < -0.3 is 20.0 Å². The Morgan fingerprint density at radius 2 is 1.71 bits per heavy atom. The molecular formula is C26H26N4O4. The summed E-state index contributed by atoms with van der Waals surface area (Å²) in [5.41, 5.74) is 5.24. The Morgan fingerprint density at radius 3 is 2.32 bits per heavy atom. The van der Waals surface area contributed by atoms with E-state index >= 15 is 0 Å². The van der Waals surface area contributed by atoms with Crippen molar-refractivity contribution in [3.63, 3.8) is 0 Å². The van der Waals surface area contributed by atoms with Crippen LogP contribution in [0.5, 0.6) is 0 Å². The van der Waals surface area contributed by atoms with Crippen molar-refractivity contribution < 1.29 is 19.8 Å². The van der Waals surface area contributed by atoms with Crippen LogP contribution in [-0.4, -0.2) is 44.6 Å². The van der Waals surface area contributed by atoms with Gasteiger partial charge in [-0.15, -0.1) is 0 Å². The van der Waals surface area contributed by atoms with Crippen molar-refractivity contribution in [2.75, 3.05) is 16.3 Å². The summed E-state index contributed by atoms with van der Waals surface area (Å²) >= 11 is 0. The van der Waals surface area contributed by atoms with E-state index in [1.54, 1.807) is 6.92 Å². The number of anilines is 2. The summed E-state index contributed by atoms with van der Waals surface area (Å²) in [4.78, 5) is 35.9. The fourth-order valence-electron chi connectivity index (χ4n) is 4.80. The average molecular weight is 459 g/mol. The molecule has 0 spiro atoms. The van der Waals surface area contributed by atoms with Crippen LogP contribution in [0.2, 0.25) is 0 Å². The molecule has 1 atom stereocenters. The van der Waals surface area contributed by atoms with E-state index in [-0.39, 0.29) is 24.4 Å². The first-order valence-electron chi connectivity index (χ1n) is 11.4. The Hall–Kier alpha value is -3.78. The smallest absolute Gasteiger partial charge is 0.373 e. The number of hydrogen-bond acceptors (Lipinski definition) is 6.